The van der Waals surface area contributed by atoms with Crippen LogP contribution < -0.4 is 10.6 Å². The summed E-state index contributed by atoms with van der Waals surface area (Å²) >= 11 is 0. The van der Waals surface area contributed by atoms with Gasteiger partial charge in [-0.15, -0.1) is 0 Å². The van der Waals surface area contributed by atoms with Crippen LogP contribution in [-0.2, 0) is 14.4 Å². The molecule has 0 aromatic rings. The van der Waals surface area contributed by atoms with Gasteiger partial charge in [0.1, 0.15) is 6.04 Å². The Morgan fingerprint density at radius 3 is 2.59 bits per heavy atom. The Labute approximate surface area is 98.8 Å². The first-order valence-electron chi connectivity index (χ1n) is 5.84. The van der Waals surface area contributed by atoms with Crippen molar-refractivity contribution in [2.45, 2.75) is 38.1 Å². The molecule has 1 saturated carbocycles. The molecule has 2 rings (SSSR count). The highest BCUT2D eigenvalue weighted by Gasteiger charge is 2.44. The third kappa shape index (κ3) is 2.25. The van der Waals surface area contributed by atoms with Gasteiger partial charge in [-0.3, -0.25) is 14.4 Å². The standard InChI is InChI=1S/C11H16N2O4/c14-8-3-2-7(13-8)9(15)12-6-11(10(16)17)4-1-5-11/h7H,1-6H2,(H,12,15)(H,13,14)(H,16,17). The van der Waals surface area contributed by atoms with Gasteiger partial charge < -0.3 is 15.7 Å². The van der Waals surface area contributed by atoms with Gasteiger partial charge in [0.2, 0.25) is 11.8 Å². The van der Waals surface area contributed by atoms with Crippen LogP contribution >= 0.6 is 0 Å². The number of hydrogen-bond acceptors (Lipinski definition) is 3. The van der Waals surface area contributed by atoms with Crippen LogP contribution in [0, 0.1) is 5.41 Å². The molecule has 0 bridgehead atoms. The average molecular weight is 240 g/mol. The van der Waals surface area contributed by atoms with E-state index in [-0.39, 0.29) is 18.4 Å². The fourth-order valence-electron chi connectivity index (χ4n) is 2.26. The van der Waals surface area contributed by atoms with Crippen molar-refractivity contribution in [3.05, 3.63) is 0 Å². The van der Waals surface area contributed by atoms with Crippen molar-refractivity contribution < 1.29 is 19.5 Å². The van der Waals surface area contributed by atoms with Gasteiger partial charge in [0, 0.05) is 13.0 Å². The number of carbonyl (C=O) groups is 3. The van der Waals surface area contributed by atoms with E-state index in [0.717, 1.165) is 6.42 Å². The summed E-state index contributed by atoms with van der Waals surface area (Å²) in [6, 6.07) is -0.492. The van der Waals surface area contributed by atoms with Gasteiger partial charge in [-0.05, 0) is 19.3 Å². The predicted octanol–water partition coefficient (Wildman–Crippen LogP) is -0.364. The zero-order valence-electron chi connectivity index (χ0n) is 9.49. The maximum atomic E-state index is 11.7. The Hall–Kier alpha value is -1.59. The Kier molecular flexibility index (Phi) is 3.04. The zero-order chi connectivity index (χ0) is 12.5. The average Bonchev–Trinajstić information content (AvgIpc) is 2.62. The molecule has 1 heterocycles. The van der Waals surface area contributed by atoms with Gasteiger partial charge in [-0.25, -0.2) is 0 Å². The molecular weight excluding hydrogens is 224 g/mol. The predicted molar refractivity (Wildman–Crippen MR) is 58.1 cm³/mol. The van der Waals surface area contributed by atoms with Gasteiger partial charge in [-0.1, -0.05) is 6.42 Å². The van der Waals surface area contributed by atoms with Gasteiger partial charge in [0.05, 0.1) is 5.41 Å². The minimum Gasteiger partial charge on any atom is -0.481 e. The second-order valence-corrected chi connectivity index (χ2v) is 4.82. The van der Waals surface area contributed by atoms with E-state index in [4.69, 9.17) is 5.11 Å². The Bertz CT molecular complexity index is 362. The van der Waals surface area contributed by atoms with Crippen molar-refractivity contribution in [1.29, 1.82) is 0 Å². The molecule has 6 nitrogen and oxygen atoms in total. The molecule has 2 amide bonds. The molecule has 2 fully saturated rings. The molecule has 1 unspecified atom stereocenters. The summed E-state index contributed by atoms with van der Waals surface area (Å²) < 4.78 is 0. The second-order valence-electron chi connectivity index (χ2n) is 4.82. The topological polar surface area (TPSA) is 95.5 Å². The first-order valence-corrected chi connectivity index (χ1v) is 5.84. The summed E-state index contributed by atoms with van der Waals surface area (Å²) in [5, 5.41) is 14.3. The second kappa shape index (κ2) is 4.35. The van der Waals surface area contributed by atoms with Crippen LogP contribution in [0.4, 0.5) is 0 Å². The van der Waals surface area contributed by atoms with Gasteiger partial charge in [0.15, 0.2) is 0 Å². The zero-order valence-corrected chi connectivity index (χ0v) is 9.49. The molecule has 1 aliphatic heterocycles. The fraction of sp³-hybridized carbons (Fsp3) is 0.727. The lowest BCUT2D eigenvalue weighted by Gasteiger charge is -2.37. The molecule has 6 heteroatoms. The van der Waals surface area contributed by atoms with Crippen molar-refractivity contribution in [2.75, 3.05) is 6.54 Å². The first-order chi connectivity index (χ1) is 8.03. The van der Waals surface area contributed by atoms with Crippen LogP contribution in [0.3, 0.4) is 0 Å². The number of carbonyl (C=O) groups excluding carboxylic acids is 2. The van der Waals surface area contributed by atoms with Crippen LogP contribution in [0.5, 0.6) is 0 Å². The smallest absolute Gasteiger partial charge is 0.311 e. The summed E-state index contributed by atoms with van der Waals surface area (Å²) in [6.07, 6.45) is 2.97. The third-order valence-electron chi connectivity index (χ3n) is 3.68. The fourth-order valence-corrected chi connectivity index (χ4v) is 2.26. The highest BCUT2D eigenvalue weighted by Crippen LogP contribution is 2.40. The van der Waals surface area contributed by atoms with E-state index in [1.54, 1.807) is 0 Å². The van der Waals surface area contributed by atoms with Crippen molar-refractivity contribution in [1.82, 2.24) is 10.6 Å². The van der Waals surface area contributed by atoms with Crippen molar-refractivity contribution in [3.8, 4) is 0 Å². The summed E-state index contributed by atoms with van der Waals surface area (Å²) in [4.78, 5) is 33.7. The van der Waals surface area contributed by atoms with E-state index in [1.165, 1.54) is 0 Å². The highest BCUT2D eigenvalue weighted by atomic mass is 16.4. The monoisotopic (exact) mass is 240 g/mol. The molecular formula is C11H16N2O4. The number of carboxylic acids is 1. The molecule has 2 aliphatic rings. The maximum absolute atomic E-state index is 11.7. The normalized spacial score (nSPS) is 25.9. The Balaban J connectivity index is 1.83. The highest BCUT2D eigenvalue weighted by molar-refractivity contribution is 5.91. The van der Waals surface area contributed by atoms with Gasteiger partial charge in [0.25, 0.3) is 0 Å². The van der Waals surface area contributed by atoms with E-state index >= 15 is 0 Å². The van der Waals surface area contributed by atoms with Crippen LogP contribution in [0.15, 0.2) is 0 Å². The van der Waals surface area contributed by atoms with Crippen molar-refractivity contribution in [3.63, 3.8) is 0 Å². The number of amides is 2. The van der Waals surface area contributed by atoms with Crippen LogP contribution in [-0.4, -0.2) is 35.5 Å². The number of rotatable bonds is 4. The third-order valence-corrected chi connectivity index (χ3v) is 3.68. The van der Waals surface area contributed by atoms with Crippen molar-refractivity contribution >= 4 is 17.8 Å². The SMILES string of the molecule is O=C1CCC(C(=O)NCC2(C(=O)O)CCC2)N1. The molecule has 94 valence electrons. The molecule has 0 radical (unpaired) electrons. The van der Waals surface area contributed by atoms with E-state index in [9.17, 15) is 14.4 Å². The van der Waals surface area contributed by atoms with E-state index in [1.807, 2.05) is 0 Å². The lowest BCUT2D eigenvalue weighted by molar-refractivity contribution is -0.154. The van der Waals surface area contributed by atoms with Gasteiger partial charge in [-0.2, -0.15) is 0 Å². The molecule has 0 aromatic carbocycles. The largest absolute Gasteiger partial charge is 0.481 e. The Morgan fingerprint density at radius 1 is 1.47 bits per heavy atom. The first kappa shape index (κ1) is 11.9. The maximum Gasteiger partial charge on any atom is 0.311 e. The molecule has 1 atom stereocenters. The van der Waals surface area contributed by atoms with Crippen LogP contribution in [0.2, 0.25) is 0 Å². The molecule has 1 aliphatic carbocycles. The quantitative estimate of drug-likeness (QED) is 0.625. The summed E-state index contributed by atoms with van der Waals surface area (Å²) in [5.74, 6) is -1.25. The van der Waals surface area contributed by atoms with E-state index in [0.29, 0.717) is 25.7 Å². The lowest BCUT2D eigenvalue weighted by atomic mass is 9.69. The molecule has 0 aromatic heterocycles. The van der Waals surface area contributed by atoms with E-state index in [2.05, 4.69) is 10.6 Å². The molecule has 3 N–H and O–H groups in total. The van der Waals surface area contributed by atoms with Crippen LogP contribution in [0.25, 0.3) is 0 Å². The summed E-state index contributed by atoms with van der Waals surface area (Å²) in [7, 11) is 0. The summed E-state index contributed by atoms with van der Waals surface area (Å²) in [6.45, 7) is 0.160. The number of carboxylic acid groups (broad SMARTS) is 1. The van der Waals surface area contributed by atoms with Gasteiger partial charge >= 0.3 is 5.97 Å². The van der Waals surface area contributed by atoms with Crippen LogP contribution in [0.1, 0.15) is 32.1 Å². The minimum atomic E-state index is -0.848. The summed E-state index contributed by atoms with van der Waals surface area (Å²) in [5.41, 5.74) is -0.779. The van der Waals surface area contributed by atoms with E-state index < -0.39 is 17.4 Å². The van der Waals surface area contributed by atoms with Crippen molar-refractivity contribution in [2.24, 2.45) is 5.41 Å². The minimum absolute atomic E-state index is 0.123. The Morgan fingerprint density at radius 2 is 2.18 bits per heavy atom. The molecule has 17 heavy (non-hydrogen) atoms. The number of hydrogen-bond donors (Lipinski definition) is 3. The number of aliphatic carboxylic acids is 1. The molecule has 0 spiro atoms. The lowest BCUT2D eigenvalue weighted by Crippen LogP contribution is -2.51. The molecule has 1 saturated heterocycles. The number of nitrogens with one attached hydrogen (secondary N) is 2.